The van der Waals surface area contributed by atoms with Crippen molar-refractivity contribution in [1.82, 2.24) is 10.3 Å². The van der Waals surface area contributed by atoms with Gasteiger partial charge in [-0.3, -0.25) is 4.79 Å². The SMILES string of the molecule is Cc1ccc2cc(C#N)c(NCCCNC(=O)C34CC5CC(CC(C5)C3)C4)nc2c1. The first-order chi connectivity index (χ1) is 14.5. The van der Waals surface area contributed by atoms with E-state index < -0.39 is 0 Å². The molecule has 30 heavy (non-hydrogen) atoms. The Morgan fingerprint density at radius 2 is 1.83 bits per heavy atom. The van der Waals surface area contributed by atoms with Gasteiger partial charge in [-0.25, -0.2) is 4.98 Å². The second-order valence-corrected chi connectivity index (χ2v) is 9.93. The maximum Gasteiger partial charge on any atom is 0.226 e. The Hall–Kier alpha value is -2.61. The molecule has 2 N–H and O–H groups in total. The number of nitrogens with one attached hydrogen (secondary N) is 2. The molecule has 156 valence electrons. The van der Waals surface area contributed by atoms with Crippen LogP contribution in [-0.2, 0) is 4.79 Å². The van der Waals surface area contributed by atoms with Crippen molar-refractivity contribution in [3.63, 3.8) is 0 Å². The smallest absolute Gasteiger partial charge is 0.226 e. The number of rotatable bonds is 6. The summed E-state index contributed by atoms with van der Waals surface area (Å²) in [5.41, 5.74) is 2.53. The first-order valence-electron chi connectivity index (χ1n) is 11.4. The quantitative estimate of drug-likeness (QED) is 0.695. The Bertz CT molecular complexity index is 986. The molecule has 1 amide bonds. The first-order valence-corrected chi connectivity index (χ1v) is 11.4. The Balaban J connectivity index is 1.15. The van der Waals surface area contributed by atoms with Crippen LogP contribution in [0.15, 0.2) is 24.3 Å². The highest BCUT2D eigenvalue weighted by atomic mass is 16.2. The van der Waals surface area contributed by atoms with Crippen molar-refractivity contribution in [2.75, 3.05) is 18.4 Å². The monoisotopic (exact) mass is 402 g/mol. The summed E-state index contributed by atoms with van der Waals surface area (Å²) in [6.07, 6.45) is 8.21. The van der Waals surface area contributed by atoms with Crippen LogP contribution in [0.25, 0.3) is 10.9 Å². The average Bonchev–Trinajstić information content (AvgIpc) is 2.71. The van der Waals surface area contributed by atoms with Crippen LogP contribution in [0.3, 0.4) is 0 Å². The first kappa shape index (κ1) is 19.4. The van der Waals surface area contributed by atoms with Gasteiger partial charge in [0.1, 0.15) is 11.9 Å². The number of benzene rings is 1. The second kappa shape index (κ2) is 7.58. The third kappa shape index (κ3) is 3.53. The van der Waals surface area contributed by atoms with Crippen molar-refractivity contribution < 1.29 is 4.79 Å². The molecule has 0 spiro atoms. The largest absolute Gasteiger partial charge is 0.369 e. The van der Waals surface area contributed by atoms with E-state index in [1.165, 1.54) is 19.3 Å². The van der Waals surface area contributed by atoms with E-state index in [1.807, 2.05) is 31.2 Å². The molecule has 5 heteroatoms. The van der Waals surface area contributed by atoms with E-state index >= 15 is 0 Å². The molecule has 4 aliphatic carbocycles. The zero-order chi connectivity index (χ0) is 20.7. The van der Waals surface area contributed by atoms with Gasteiger partial charge in [-0.1, -0.05) is 12.1 Å². The fourth-order valence-corrected chi connectivity index (χ4v) is 6.57. The van der Waals surface area contributed by atoms with Gasteiger partial charge in [-0.15, -0.1) is 0 Å². The number of carbonyl (C=O) groups excluding carboxylic acids is 1. The summed E-state index contributed by atoms with van der Waals surface area (Å²) in [6, 6.07) is 10.2. The number of nitriles is 1. The summed E-state index contributed by atoms with van der Waals surface area (Å²) in [4.78, 5) is 17.7. The molecule has 0 atom stereocenters. The Kier molecular flexibility index (Phi) is 4.89. The summed E-state index contributed by atoms with van der Waals surface area (Å²) in [5.74, 6) is 3.28. The number of amides is 1. The molecule has 5 nitrogen and oxygen atoms in total. The Morgan fingerprint density at radius 1 is 1.13 bits per heavy atom. The number of carbonyl (C=O) groups is 1. The van der Waals surface area contributed by atoms with Crippen molar-refractivity contribution >= 4 is 22.6 Å². The summed E-state index contributed by atoms with van der Waals surface area (Å²) in [7, 11) is 0. The molecule has 0 radical (unpaired) electrons. The molecule has 0 aliphatic heterocycles. The van der Waals surface area contributed by atoms with Crippen molar-refractivity contribution in [3.05, 3.63) is 35.4 Å². The van der Waals surface area contributed by atoms with Crippen molar-refractivity contribution in [2.24, 2.45) is 23.2 Å². The normalized spacial score (nSPS) is 29.0. The van der Waals surface area contributed by atoms with Gasteiger partial charge in [-0.05, 0) is 87.3 Å². The van der Waals surface area contributed by atoms with Crippen LogP contribution >= 0.6 is 0 Å². The van der Waals surface area contributed by atoms with Gasteiger partial charge >= 0.3 is 0 Å². The number of hydrogen-bond acceptors (Lipinski definition) is 4. The minimum atomic E-state index is -0.0755. The number of anilines is 1. The van der Waals surface area contributed by atoms with Crippen molar-refractivity contribution in [1.29, 1.82) is 5.26 Å². The van der Waals surface area contributed by atoms with Crippen LogP contribution in [-0.4, -0.2) is 24.0 Å². The summed E-state index contributed by atoms with van der Waals surface area (Å²) in [6.45, 7) is 3.39. The van der Waals surface area contributed by atoms with Gasteiger partial charge < -0.3 is 10.6 Å². The average molecular weight is 403 g/mol. The lowest BCUT2D eigenvalue weighted by molar-refractivity contribution is -0.146. The molecular formula is C25H30N4O. The topological polar surface area (TPSA) is 77.8 Å². The zero-order valence-corrected chi connectivity index (χ0v) is 17.7. The standard InChI is InChI=1S/C25H30N4O/c1-16-3-4-20-11-21(15-26)23(29-22(20)7-16)27-5-2-6-28-24(30)25-12-17-8-18(13-25)10-19(9-17)14-25/h3-4,7,11,17-19H,2,5-6,8-10,12-14H2,1H3,(H,27,29)(H,28,30). The molecule has 4 fully saturated rings. The van der Waals surface area contributed by atoms with Gasteiger partial charge in [0.25, 0.3) is 0 Å². The van der Waals surface area contributed by atoms with Crippen LogP contribution in [0.5, 0.6) is 0 Å². The molecule has 4 aliphatic rings. The van der Waals surface area contributed by atoms with E-state index in [4.69, 9.17) is 0 Å². The Labute approximate surface area is 178 Å². The highest BCUT2D eigenvalue weighted by Gasteiger charge is 2.54. The molecular weight excluding hydrogens is 372 g/mol. The molecule has 4 bridgehead atoms. The molecule has 1 aromatic heterocycles. The van der Waals surface area contributed by atoms with Gasteiger partial charge in [0.05, 0.1) is 11.1 Å². The zero-order valence-electron chi connectivity index (χ0n) is 17.7. The van der Waals surface area contributed by atoms with E-state index in [1.54, 1.807) is 0 Å². The highest BCUT2D eigenvalue weighted by molar-refractivity contribution is 5.84. The fourth-order valence-electron chi connectivity index (χ4n) is 6.57. The lowest BCUT2D eigenvalue weighted by Crippen LogP contribution is -2.53. The van der Waals surface area contributed by atoms with Crippen LogP contribution in [0.1, 0.15) is 56.1 Å². The summed E-state index contributed by atoms with van der Waals surface area (Å²) < 4.78 is 0. The van der Waals surface area contributed by atoms with Gasteiger partial charge in [0.2, 0.25) is 5.91 Å². The number of hydrogen-bond donors (Lipinski definition) is 2. The third-order valence-corrected chi connectivity index (χ3v) is 7.55. The lowest BCUT2D eigenvalue weighted by atomic mass is 9.49. The summed E-state index contributed by atoms with van der Waals surface area (Å²) in [5, 5.41) is 17.0. The fraction of sp³-hybridized carbons (Fsp3) is 0.560. The van der Waals surface area contributed by atoms with Gasteiger partial charge in [-0.2, -0.15) is 5.26 Å². The van der Waals surface area contributed by atoms with E-state index in [0.29, 0.717) is 30.4 Å². The molecule has 6 rings (SSSR count). The number of pyridine rings is 1. The number of fused-ring (bicyclic) bond motifs is 1. The van der Waals surface area contributed by atoms with Crippen molar-refractivity contribution in [2.45, 2.75) is 51.9 Å². The summed E-state index contributed by atoms with van der Waals surface area (Å²) >= 11 is 0. The predicted octanol–water partition coefficient (Wildman–Crippen LogP) is 4.55. The predicted molar refractivity (Wildman–Crippen MR) is 118 cm³/mol. The van der Waals surface area contributed by atoms with Gasteiger partial charge in [0, 0.05) is 23.9 Å². The van der Waals surface area contributed by atoms with Crippen LogP contribution in [0, 0.1) is 41.4 Å². The van der Waals surface area contributed by atoms with E-state index in [-0.39, 0.29) is 5.41 Å². The Morgan fingerprint density at radius 3 is 2.50 bits per heavy atom. The minimum Gasteiger partial charge on any atom is -0.369 e. The van der Waals surface area contributed by atoms with E-state index in [0.717, 1.165) is 59.9 Å². The molecule has 0 saturated heterocycles. The maximum atomic E-state index is 13.0. The van der Waals surface area contributed by atoms with E-state index in [2.05, 4.69) is 21.7 Å². The van der Waals surface area contributed by atoms with E-state index in [9.17, 15) is 10.1 Å². The van der Waals surface area contributed by atoms with Crippen molar-refractivity contribution in [3.8, 4) is 6.07 Å². The van der Waals surface area contributed by atoms with Crippen LogP contribution < -0.4 is 10.6 Å². The highest BCUT2D eigenvalue weighted by Crippen LogP contribution is 2.60. The molecule has 2 aromatic rings. The van der Waals surface area contributed by atoms with Gasteiger partial charge in [0.15, 0.2) is 0 Å². The third-order valence-electron chi connectivity index (χ3n) is 7.55. The minimum absolute atomic E-state index is 0.0755. The maximum absolute atomic E-state index is 13.0. The lowest BCUT2D eigenvalue weighted by Gasteiger charge is -2.55. The second-order valence-electron chi connectivity index (χ2n) is 9.93. The van der Waals surface area contributed by atoms with Crippen LogP contribution in [0.2, 0.25) is 0 Å². The van der Waals surface area contributed by atoms with Crippen LogP contribution in [0.4, 0.5) is 5.82 Å². The molecule has 0 unspecified atom stereocenters. The molecule has 1 aromatic carbocycles. The molecule has 4 saturated carbocycles. The molecule has 1 heterocycles. The number of aryl methyl sites for hydroxylation is 1. The number of aromatic nitrogens is 1. The number of nitrogens with zero attached hydrogens (tertiary/aromatic N) is 2.